The molecule has 7 nitrogen and oxygen atoms in total. The summed E-state index contributed by atoms with van der Waals surface area (Å²) >= 11 is 0. The first-order valence-corrected chi connectivity index (χ1v) is 9.23. The Kier molecular flexibility index (Phi) is 5.53. The van der Waals surface area contributed by atoms with Gasteiger partial charge in [-0.15, -0.1) is 0 Å². The molecule has 0 saturated carbocycles. The van der Waals surface area contributed by atoms with Crippen LogP contribution in [0.5, 0.6) is 0 Å². The van der Waals surface area contributed by atoms with Crippen molar-refractivity contribution < 1.29 is 25.2 Å². The van der Waals surface area contributed by atoms with E-state index in [1.165, 1.54) is 0 Å². The van der Waals surface area contributed by atoms with E-state index >= 15 is 0 Å². The van der Waals surface area contributed by atoms with E-state index in [2.05, 4.69) is 4.18 Å². The molecule has 0 unspecified atom stereocenters. The molecule has 0 aromatic carbocycles. The predicted octanol–water partition coefficient (Wildman–Crippen LogP) is -0.597. The van der Waals surface area contributed by atoms with Crippen molar-refractivity contribution in [3.63, 3.8) is 0 Å². The van der Waals surface area contributed by atoms with Crippen molar-refractivity contribution in [2.75, 3.05) is 38.8 Å². The average molecular weight is 301 g/mol. The van der Waals surface area contributed by atoms with Gasteiger partial charge in [-0.3, -0.25) is 13.3 Å². The Morgan fingerprint density at radius 1 is 1.11 bits per heavy atom. The van der Waals surface area contributed by atoms with Gasteiger partial charge in [0.1, 0.15) is 0 Å². The summed E-state index contributed by atoms with van der Waals surface area (Å²) in [5, 5.41) is 0. The maximum Gasteiger partial charge on any atom is 0.264 e. The summed E-state index contributed by atoms with van der Waals surface area (Å²) in [5.41, 5.74) is 0. The molecule has 0 aliphatic carbocycles. The van der Waals surface area contributed by atoms with Gasteiger partial charge in [-0.05, 0) is 19.4 Å². The van der Waals surface area contributed by atoms with Crippen LogP contribution in [0, 0.1) is 0 Å². The molecule has 0 amide bonds. The van der Waals surface area contributed by atoms with Crippen molar-refractivity contribution in [1.82, 2.24) is 4.90 Å². The van der Waals surface area contributed by atoms with E-state index in [4.69, 9.17) is 4.18 Å². The molecule has 0 N–H and O–H groups in total. The molecule has 1 rings (SSSR count). The predicted molar refractivity (Wildman–Crippen MR) is 66.2 cm³/mol. The SMILES string of the molecule is CS(=O)(=O)OCCN1CCC[C@H]1COS(C)(=O)=O. The van der Waals surface area contributed by atoms with Crippen molar-refractivity contribution in [1.29, 1.82) is 0 Å². The minimum atomic E-state index is -3.43. The number of rotatable bonds is 7. The van der Waals surface area contributed by atoms with Gasteiger partial charge in [-0.1, -0.05) is 0 Å². The minimum Gasteiger partial charge on any atom is -0.296 e. The lowest BCUT2D eigenvalue weighted by molar-refractivity contribution is 0.155. The van der Waals surface area contributed by atoms with E-state index in [1.54, 1.807) is 0 Å². The molecule has 0 bridgehead atoms. The van der Waals surface area contributed by atoms with Crippen molar-refractivity contribution >= 4 is 20.2 Å². The van der Waals surface area contributed by atoms with Crippen LogP contribution in [0.15, 0.2) is 0 Å². The van der Waals surface area contributed by atoms with Gasteiger partial charge in [0.05, 0.1) is 25.7 Å². The third-order valence-electron chi connectivity index (χ3n) is 2.65. The van der Waals surface area contributed by atoms with Gasteiger partial charge in [-0.2, -0.15) is 16.8 Å². The van der Waals surface area contributed by atoms with E-state index in [0.717, 1.165) is 31.9 Å². The minimum absolute atomic E-state index is 0.00267. The lowest BCUT2D eigenvalue weighted by atomic mass is 10.2. The van der Waals surface area contributed by atoms with Gasteiger partial charge in [0.2, 0.25) is 0 Å². The molecular formula is C9H19NO6S2. The zero-order valence-corrected chi connectivity index (χ0v) is 12.2. The first-order chi connectivity index (χ1) is 8.17. The molecule has 1 saturated heterocycles. The van der Waals surface area contributed by atoms with Gasteiger partial charge in [0.25, 0.3) is 20.2 Å². The Morgan fingerprint density at radius 2 is 1.72 bits per heavy atom. The highest BCUT2D eigenvalue weighted by Crippen LogP contribution is 2.17. The van der Waals surface area contributed by atoms with Crippen LogP contribution in [0.3, 0.4) is 0 Å². The fraction of sp³-hybridized carbons (Fsp3) is 1.00. The van der Waals surface area contributed by atoms with E-state index in [9.17, 15) is 16.8 Å². The van der Waals surface area contributed by atoms with Gasteiger partial charge < -0.3 is 0 Å². The Hall–Kier alpha value is -0.220. The van der Waals surface area contributed by atoms with Crippen LogP contribution in [-0.4, -0.2) is 66.6 Å². The fourth-order valence-electron chi connectivity index (χ4n) is 1.89. The van der Waals surface area contributed by atoms with Crippen LogP contribution in [-0.2, 0) is 28.6 Å². The zero-order chi connectivity index (χ0) is 13.8. The summed E-state index contributed by atoms with van der Waals surface area (Å²) in [6, 6.07) is 0.00267. The summed E-state index contributed by atoms with van der Waals surface area (Å²) in [7, 11) is -6.86. The molecule has 1 fully saturated rings. The molecular weight excluding hydrogens is 282 g/mol. The van der Waals surface area contributed by atoms with E-state index in [1.807, 2.05) is 4.90 Å². The third kappa shape index (κ3) is 6.64. The second-order valence-electron chi connectivity index (χ2n) is 4.35. The third-order valence-corrected chi connectivity index (χ3v) is 3.81. The summed E-state index contributed by atoms with van der Waals surface area (Å²) in [5.74, 6) is 0. The normalized spacial score (nSPS) is 22.4. The van der Waals surface area contributed by atoms with Gasteiger partial charge in [0.15, 0.2) is 0 Å². The lowest BCUT2D eigenvalue weighted by Crippen LogP contribution is -2.36. The van der Waals surface area contributed by atoms with E-state index in [0.29, 0.717) is 6.54 Å². The van der Waals surface area contributed by atoms with Crippen molar-refractivity contribution in [3.05, 3.63) is 0 Å². The number of hydrogen-bond acceptors (Lipinski definition) is 7. The molecule has 0 radical (unpaired) electrons. The highest BCUT2D eigenvalue weighted by atomic mass is 32.2. The molecule has 108 valence electrons. The van der Waals surface area contributed by atoms with Crippen LogP contribution < -0.4 is 0 Å². The van der Waals surface area contributed by atoms with E-state index < -0.39 is 20.2 Å². The Labute approximate surface area is 108 Å². The smallest absolute Gasteiger partial charge is 0.264 e. The molecule has 0 spiro atoms. The van der Waals surface area contributed by atoms with Gasteiger partial charge >= 0.3 is 0 Å². The van der Waals surface area contributed by atoms with Crippen LogP contribution in [0.2, 0.25) is 0 Å². The van der Waals surface area contributed by atoms with Crippen molar-refractivity contribution in [2.24, 2.45) is 0 Å². The number of hydrogen-bond donors (Lipinski definition) is 0. The maximum atomic E-state index is 10.9. The summed E-state index contributed by atoms with van der Waals surface area (Å²) < 4.78 is 52.8. The maximum absolute atomic E-state index is 10.9. The van der Waals surface area contributed by atoms with Gasteiger partial charge in [-0.25, -0.2) is 0 Å². The Morgan fingerprint density at radius 3 is 2.28 bits per heavy atom. The second-order valence-corrected chi connectivity index (χ2v) is 7.63. The van der Waals surface area contributed by atoms with Gasteiger partial charge in [0, 0.05) is 12.6 Å². The molecule has 9 heteroatoms. The quantitative estimate of drug-likeness (QED) is 0.580. The highest BCUT2D eigenvalue weighted by molar-refractivity contribution is 7.86. The van der Waals surface area contributed by atoms with Crippen molar-refractivity contribution in [2.45, 2.75) is 18.9 Å². The molecule has 0 aromatic rings. The number of likely N-dealkylation sites (tertiary alicyclic amines) is 1. The Balaban J connectivity index is 2.36. The fourth-order valence-corrected chi connectivity index (χ4v) is 2.67. The molecule has 1 heterocycles. The highest BCUT2D eigenvalue weighted by Gasteiger charge is 2.25. The lowest BCUT2D eigenvalue weighted by Gasteiger charge is -2.23. The van der Waals surface area contributed by atoms with Crippen molar-refractivity contribution in [3.8, 4) is 0 Å². The molecule has 1 aliphatic heterocycles. The standard InChI is InChI=1S/C9H19NO6S2/c1-17(11,12)15-7-6-10-5-3-4-9(10)8-16-18(2,13)14/h9H,3-8H2,1-2H3/t9-/m0/s1. The topological polar surface area (TPSA) is 90.0 Å². The van der Waals surface area contributed by atoms with Crippen LogP contribution in [0.4, 0.5) is 0 Å². The van der Waals surface area contributed by atoms with E-state index in [-0.39, 0.29) is 19.3 Å². The Bertz CT molecular complexity index is 457. The summed E-state index contributed by atoms with van der Waals surface area (Å²) in [6.07, 6.45) is 3.80. The monoisotopic (exact) mass is 301 g/mol. The zero-order valence-electron chi connectivity index (χ0n) is 10.5. The first kappa shape index (κ1) is 15.8. The van der Waals surface area contributed by atoms with Crippen LogP contribution in [0.1, 0.15) is 12.8 Å². The molecule has 1 aliphatic rings. The van der Waals surface area contributed by atoms with Crippen LogP contribution >= 0.6 is 0 Å². The molecule has 1 atom stereocenters. The molecule has 0 aromatic heterocycles. The molecule has 18 heavy (non-hydrogen) atoms. The largest absolute Gasteiger partial charge is 0.296 e. The summed E-state index contributed by atoms with van der Waals surface area (Å²) in [4.78, 5) is 1.98. The second kappa shape index (κ2) is 6.29. The summed E-state index contributed by atoms with van der Waals surface area (Å²) in [6.45, 7) is 1.43. The number of nitrogens with zero attached hydrogens (tertiary/aromatic N) is 1. The van der Waals surface area contributed by atoms with Crippen LogP contribution in [0.25, 0.3) is 0 Å². The average Bonchev–Trinajstić information content (AvgIpc) is 2.59. The first-order valence-electron chi connectivity index (χ1n) is 5.60.